The number of hydrogen-bond donors (Lipinski definition) is 1. The van der Waals surface area contributed by atoms with Crippen molar-refractivity contribution in [2.45, 2.75) is 32.1 Å². The van der Waals surface area contributed by atoms with E-state index in [1.165, 1.54) is 6.07 Å². The van der Waals surface area contributed by atoms with Crippen molar-refractivity contribution in [1.29, 1.82) is 0 Å². The summed E-state index contributed by atoms with van der Waals surface area (Å²) in [5.41, 5.74) is -1.36. The lowest BCUT2D eigenvalue weighted by Crippen LogP contribution is -2.36. The van der Waals surface area contributed by atoms with Crippen LogP contribution in [-0.2, 0) is 6.54 Å². The first-order valence-corrected chi connectivity index (χ1v) is 6.54. The van der Waals surface area contributed by atoms with E-state index in [-0.39, 0.29) is 11.1 Å². The van der Waals surface area contributed by atoms with Gasteiger partial charge in [-0.25, -0.2) is 9.59 Å². The van der Waals surface area contributed by atoms with E-state index in [0.29, 0.717) is 18.0 Å². The molecule has 0 aliphatic heterocycles. The molecule has 3 rings (SSSR count). The number of nitrogens with zero attached hydrogens (tertiary/aromatic N) is 1. The monoisotopic (exact) mass is 272 g/mol. The van der Waals surface area contributed by atoms with Crippen LogP contribution in [0.4, 0.5) is 0 Å². The standard InChI is InChI=1S/C13H13BN2O4/c1-6(14)8-4-9(17)20-11-10(8)12(18)16(13(19)15-11)5-7-2-3-7/h4,6-7H,2-3,5H2,1H3,(H,15,19). The van der Waals surface area contributed by atoms with Crippen molar-refractivity contribution in [2.24, 2.45) is 5.92 Å². The molecule has 1 unspecified atom stereocenters. The minimum absolute atomic E-state index is 0.105. The fourth-order valence-corrected chi connectivity index (χ4v) is 2.30. The molecule has 1 atom stereocenters. The SMILES string of the molecule is [B]C(C)c1cc(=O)oc2[nH]c(=O)n(CC3CC3)c(=O)c12. The minimum atomic E-state index is -0.639. The van der Waals surface area contributed by atoms with Crippen LogP contribution in [0, 0.1) is 5.92 Å². The second-order valence-corrected chi connectivity index (χ2v) is 5.30. The van der Waals surface area contributed by atoms with Gasteiger partial charge in [0.05, 0.1) is 7.85 Å². The average molecular weight is 272 g/mol. The molecule has 20 heavy (non-hydrogen) atoms. The van der Waals surface area contributed by atoms with Gasteiger partial charge in [0, 0.05) is 12.6 Å². The molecule has 0 aromatic carbocycles. The van der Waals surface area contributed by atoms with Gasteiger partial charge in [0.15, 0.2) is 0 Å². The third kappa shape index (κ3) is 2.13. The molecule has 0 amide bonds. The van der Waals surface area contributed by atoms with Gasteiger partial charge >= 0.3 is 11.3 Å². The summed E-state index contributed by atoms with van der Waals surface area (Å²) in [6.07, 6.45) is 2.04. The van der Waals surface area contributed by atoms with Crippen LogP contribution < -0.4 is 16.9 Å². The molecule has 1 fully saturated rings. The smallest absolute Gasteiger partial charge is 0.337 e. The molecule has 2 radical (unpaired) electrons. The second kappa shape index (κ2) is 4.50. The number of rotatable bonds is 3. The van der Waals surface area contributed by atoms with Crippen LogP contribution in [0.3, 0.4) is 0 Å². The minimum Gasteiger partial charge on any atom is -0.405 e. The summed E-state index contributed by atoms with van der Waals surface area (Å²) in [5, 5.41) is 0.180. The Morgan fingerprint density at radius 2 is 2.15 bits per heavy atom. The highest BCUT2D eigenvalue weighted by atomic mass is 16.4. The van der Waals surface area contributed by atoms with Gasteiger partial charge in [0.2, 0.25) is 5.71 Å². The van der Waals surface area contributed by atoms with Gasteiger partial charge in [-0.15, -0.1) is 0 Å². The van der Waals surface area contributed by atoms with E-state index in [0.717, 1.165) is 17.4 Å². The summed E-state index contributed by atoms with van der Waals surface area (Å²) in [6, 6.07) is 1.20. The van der Waals surface area contributed by atoms with Crippen LogP contribution in [0.5, 0.6) is 0 Å². The summed E-state index contributed by atoms with van der Waals surface area (Å²) >= 11 is 0. The number of nitrogens with one attached hydrogen (secondary N) is 1. The third-order valence-electron chi connectivity index (χ3n) is 3.54. The van der Waals surface area contributed by atoms with Crippen LogP contribution in [0.25, 0.3) is 11.1 Å². The molecule has 7 heteroatoms. The molecule has 2 aromatic heterocycles. The molecule has 1 saturated carbocycles. The van der Waals surface area contributed by atoms with E-state index in [4.69, 9.17) is 12.3 Å². The molecule has 2 heterocycles. The van der Waals surface area contributed by atoms with Gasteiger partial charge in [-0.2, -0.15) is 0 Å². The summed E-state index contributed by atoms with van der Waals surface area (Å²) in [6.45, 7) is 2.06. The number of fused-ring (bicyclic) bond motifs is 1. The molecule has 1 aliphatic rings. The van der Waals surface area contributed by atoms with E-state index >= 15 is 0 Å². The van der Waals surface area contributed by atoms with Crippen LogP contribution >= 0.6 is 0 Å². The molecular formula is C13H13BN2O4. The fourth-order valence-electron chi connectivity index (χ4n) is 2.30. The van der Waals surface area contributed by atoms with E-state index in [1.807, 2.05) is 0 Å². The lowest BCUT2D eigenvalue weighted by atomic mass is 9.82. The van der Waals surface area contributed by atoms with E-state index < -0.39 is 22.7 Å². The maximum atomic E-state index is 12.5. The molecule has 102 valence electrons. The quantitative estimate of drug-likeness (QED) is 0.813. The lowest BCUT2D eigenvalue weighted by Gasteiger charge is -2.10. The van der Waals surface area contributed by atoms with Gasteiger partial charge in [-0.05, 0) is 24.3 Å². The second-order valence-electron chi connectivity index (χ2n) is 5.30. The molecule has 1 aliphatic carbocycles. The van der Waals surface area contributed by atoms with Crippen LogP contribution in [0.15, 0.2) is 24.9 Å². The fraction of sp³-hybridized carbons (Fsp3) is 0.462. The number of H-pyrrole nitrogens is 1. The van der Waals surface area contributed by atoms with Crippen LogP contribution in [0.1, 0.15) is 31.1 Å². The Balaban J connectivity index is 2.37. The van der Waals surface area contributed by atoms with Crippen molar-refractivity contribution in [3.63, 3.8) is 0 Å². The summed E-state index contributed by atoms with van der Waals surface area (Å²) in [4.78, 5) is 38.3. The Kier molecular flexibility index (Phi) is 2.92. The number of hydrogen-bond acceptors (Lipinski definition) is 4. The van der Waals surface area contributed by atoms with Gasteiger partial charge in [0.1, 0.15) is 5.39 Å². The number of aromatic nitrogens is 2. The molecule has 2 aromatic rings. The van der Waals surface area contributed by atoms with Crippen molar-refractivity contribution >= 4 is 18.9 Å². The highest BCUT2D eigenvalue weighted by Crippen LogP contribution is 2.29. The average Bonchev–Trinajstić information content (AvgIpc) is 3.16. The van der Waals surface area contributed by atoms with Crippen molar-refractivity contribution in [3.05, 3.63) is 42.9 Å². The molecule has 0 spiro atoms. The van der Waals surface area contributed by atoms with E-state index in [9.17, 15) is 14.4 Å². The first-order chi connectivity index (χ1) is 9.47. The van der Waals surface area contributed by atoms with Gasteiger partial charge in [0.25, 0.3) is 5.56 Å². The summed E-state index contributed by atoms with van der Waals surface area (Å²) in [7, 11) is 5.80. The molecular weight excluding hydrogens is 259 g/mol. The maximum Gasteiger partial charge on any atom is 0.337 e. The maximum absolute atomic E-state index is 12.5. The normalized spacial score (nSPS) is 16.4. The zero-order valence-corrected chi connectivity index (χ0v) is 11.0. The Labute approximate surface area is 114 Å². The Bertz CT molecular complexity index is 842. The van der Waals surface area contributed by atoms with Gasteiger partial charge < -0.3 is 4.42 Å². The predicted molar refractivity (Wildman–Crippen MR) is 74.3 cm³/mol. The zero-order chi connectivity index (χ0) is 14.4. The molecule has 6 nitrogen and oxygen atoms in total. The molecule has 0 bridgehead atoms. The van der Waals surface area contributed by atoms with E-state index in [2.05, 4.69) is 4.98 Å². The van der Waals surface area contributed by atoms with Crippen molar-refractivity contribution < 1.29 is 4.42 Å². The Hall–Kier alpha value is -2.05. The number of aromatic amines is 1. The van der Waals surface area contributed by atoms with Gasteiger partial charge in [-0.3, -0.25) is 14.3 Å². The molecule has 1 N–H and O–H groups in total. The first-order valence-electron chi connectivity index (χ1n) is 6.54. The Morgan fingerprint density at radius 3 is 2.75 bits per heavy atom. The highest BCUT2D eigenvalue weighted by Gasteiger charge is 2.24. The highest BCUT2D eigenvalue weighted by molar-refractivity contribution is 6.13. The van der Waals surface area contributed by atoms with E-state index in [1.54, 1.807) is 6.92 Å². The summed E-state index contributed by atoms with van der Waals surface area (Å²) in [5.74, 6) is -0.129. The lowest BCUT2D eigenvalue weighted by molar-refractivity contribution is 0.528. The Morgan fingerprint density at radius 1 is 1.45 bits per heavy atom. The van der Waals surface area contributed by atoms with Crippen molar-refractivity contribution in [1.82, 2.24) is 9.55 Å². The zero-order valence-electron chi connectivity index (χ0n) is 11.0. The van der Waals surface area contributed by atoms with Crippen LogP contribution in [0.2, 0.25) is 0 Å². The van der Waals surface area contributed by atoms with Crippen molar-refractivity contribution in [2.75, 3.05) is 0 Å². The third-order valence-corrected chi connectivity index (χ3v) is 3.54. The predicted octanol–water partition coefficient (Wildman–Crippen LogP) is 0.282. The largest absolute Gasteiger partial charge is 0.405 e. The molecule has 0 saturated heterocycles. The van der Waals surface area contributed by atoms with Crippen molar-refractivity contribution in [3.8, 4) is 0 Å². The summed E-state index contributed by atoms with van der Waals surface area (Å²) < 4.78 is 6.07. The topological polar surface area (TPSA) is 85.1 Å². The van der Waals surface area contributed by atoms with Gasteiger partial charge in [-0.1, -0.05) is 12.7 Å². The van der Waals surface area contributed by atoms with Crippen LogP contribution in [-0.4, -0.2) is 17.4 Å². The first kappa shape index (κ1) is 13.0.